The van der Waals surface area contributed by atoms with E-state index in [0.717, 1.165) is 22.2 Å². The standard InChI is InChI=1S/C26H20F3N7O2S/c1-3-16-13-22(36-35-16)32-21-10-14(2)30-25(33-21)38-19-9-8-17(12-18(19)26(27,28)29)31-24(37)34-23-11-15-6-4-5-7-20(15)39-23/h3-13H,1H2,2H3,(H2,31,34,37)(H2,30,32,33,35,36). The number of alkyl halides is 3. The molecule has 0 aliphatic heterocycles. The summed E-state index contributed by atoms with van der Waals surface area (Å²) in [7, 11) is 0. The lowest BCUT2D eigenvalue weighted by Crippen LogP contribution is -2.19. The fourth-order valence-electron chi connectivity index (χ4n) is 3.62. The zero-order chi connectivity index (χ0) is 27.6. The average molecular weight is 552 g/mol. The van der Waals surface area contributed by atoms with Gasteiger partial charge in [0.1, 0.15) is 17.1 Å². The molecule has 9 nitrogen and oxygen atoms in total. The second kappa shape index (κ2) is 10.5. The van der Waals surface area contributed by atoms with Gasteiger partial charge >= 0.3 is 18.2 Å². The van der Waals surface area contributed by atoms with E-state index in [1.807, 2.05) is 24.3 Å². The van der Waals surface area contributed by atoms with Gasteiger partial charge in [0.2, 0.25) is 0 Å². The number of aromatic nitrogens is 4. The Balaban J connectivity index is 1.34. The molecule has 0 spiro atoms. The highest BCUT2D eigenvalue weighted by Crippen LogP contribution is 2.39. The number of aryl methyl sites for hydroxylation is 1. The van der Waals surface area contributed by atoms with Gasteiger partial charge in [-0.3, -0.25) is 10.4 Å². The fraction of sp³-hybridized carbons (Fsp3) is 0.0769. The first-order valence-corrected chi connectivity index (χ1v) is 12.2. The number of ether oxygens (including phenoxy) is 1. The topological polar surface area (TPSA) is 117 Å². The molecule has 5 rings (SSSR count). The normalized spacial score (nSPS) is 11.3. The molecule has 0 fully saturated rings. The zero-order valence-electron chi connectivity index (χ0n) is 20.3. The van der Waals surface area contributed by atoms with Crippen LogP contribution in [0.15, 0.2) is 67.2 Å². The van der Waals surface area contributed by atoms with Gasteiger partial charge in [0.25, 0.3) is 0 Å². The summed E-state index contributed by atoms with van der Waals surface area (Å²) in [5.74, 6) is 0.168. The Bertz CT molecular complexity index is 1650. The van der Waals surface area contributed by atoms with Crippen molar-refractivity contribution in [1.82, 2.24) is 20.2 Å². The summed E-state index contributed by atoms with van der Waals surface area (Å²) < 4.78 is 48.2. The van der Waals surface area contributed by atoms with E-state index in [0.29, 0.717) is 22.2 Å². The Morgan fingerprint density at radius 1 is 1.05 bits per heavy atom. The number of thiophene rings is 1. The first-order chi connectivity index (χ1) is 18.7. The van der Waals surface area contributed by atoms with E-state index in [1.165, 1.54) is 17.4 Å². The molecule has 2 amide bonds. The number of fused-ring (bicyclic) bond motifs is 1. The third-order valence-corrected chi connectivity index (χ3v) is 6.35. The number of benzene rings is 2. The quantitative estimate of drug-likeness (QED) is 0.166. The van der Waals surface area contributed by atoms with Crippen molar-refractivity contribution in [1.29, 1.82) is 0 Å². The highest BCUT2D eigenvalue weighted by Gasteiger charge is 2.35. The summed E-state index contributed by atoms with van der Waals surface area (Å²) in [5.41, 5.74) is -0.0606. The number of nitrogens with zero attached hydrogens (tertiary/aromatic N) is 3. The Labute approximate surface area is 223 Å². The van der Waals surface area contributed by atoms with Gasteiger partial charge in [0.05, 0.1) is 10.7 Å². The van der Waals surface area contributed by atoms with Crippen LogP contribution in [0.3, 0.4) is 0 Å². The van der Waals surface area contributed by atoms with Gasteiger partial charge in [-0.05, 0) is 48.7 Å². The molecule has 5 aromatic rings. The van der Waals surface area contributed by atoms with Crippen LogP contribution < -0.4 is 20.7 Å². The summed E-state index contributed by atoms with van der Waals surface area (Å²) in [5, 5.41) is 16.3. The van der Waals surface area contributed by atoms with Gasteiger partial charge in [0, 0.05) is 28.2 Å². The first-order valence-electron chi connectivity index (χ1n) is 11.4. The number of nitrogens with one attached hydrogen (secondary N) is 4. The Morgan fingerprint density at radius 3 is 2.62 bits per heavy atom. The molecular weight excluding hydrogens is 531 g/mol. The van der Waals surface area contributed by atoms with Gasteiger partial charge in [-0.2, -0.15) is 23.3 Å². The zero-order valence-corrected chi connectivity index (χ0v) is 21.1. The fourth-order valence-corrected chi connectivity index (χ4v) is 4.58. The number of aromatic amines is 1. The molecule has 0 atom stereocenters. The molecule has 39 heavy (non-hydrogen) atoms. The third-order valence-electron chi connectivity index (χ3n) is 5.31. The third kappa shape index (κ3) is 6.15. The second-order valence-electron chi connectivity index (χ2n) is 8.25. The van der Waals surface area contributed by atoms with E-state index >= 15 is 0 Å². The van der Waals surface area contributed by atoms with Gasteiger partial charge < -0.3 is 15.4 Å². The van der Waals surface area contributed by atoms with Crippen LogP contribution in [0.1, 0.15) is 17.0 Å². The van der Waals surface area contributed by atoms with Crippen molar-refractivity contribution in [3.63, 3.8) is 0 Å². The van der Waals surface area contributed by atoms with Gasteiger partial charge in [0.15, 0.2) is 5.82 Å². The van der Waals surface area contributed by atoms with Crippen molar-refractivity contribution in [3.8, 4) is 11.8 Å². The molecule has 198 valence electrons. The van der Waals surface area contributed by atoms with E-state index in [2.05, 4.69) is 42.7 Å². The van der Waals surface area contributed by atoms with Crippen LogP contribution in [0.4, 0.5) is 40.3 Å². The van der Waals surface area contributed by atoms with Crippen molar-refractivity contribution in [2.24, 2.45) is 0 Å². The van der Waals surface area contributed by atoms with E-state index in [-0.39, 0.29) is 17.5 Å². The predicted molar refractivity (Wildman–Crippen MR) is 145 cm³/mol. The first kappa shape index (κ1) is 25.7. The summed E-state index contributed by atoms with van der Waals surface area (Å²) in [4.78, 5) is 20.7. The molecule has 4 N–H and O–H groups in total. The summed E-state index contributed by atoms with van der Waals surface area (Å²) in [6, 6.07) is 14.8. The molecule has 0 aliphatic carbocycles. The van der Waals surface area contributed by atoms with Gasteiger partial charge in [-0.1, -0.05) is 24.8 Å². The number of amides is 2. The van der Waals surface area contributed by atoms with Crippen LogP contribution in [-0.2, 0) is 6.18 Å². The molecule has 3 heterocycles. The van der Waals surface area contributed by atoms with E-state index in [9.17, 15) is 18.0 Å². The average Bonchev–Trinajstić information content (AvgIpc) is 3.50. The second-order valence-corrected chi connectivity index (χ2v) is 9.34. The molecule has 2 aromatic carbocycles. The maximum atomic E-state index is 13.9. The number of hydrogen-bond acceptors (Lipinski definition) is 7. The Hall–Kier alpha value is -4.91. The van der Waals surface area contributed by atoms with E-state index in [1.54, 1.807) is 31.2 Å². The highest BCUT2D eigenvalue weighted by atomic mass is 32.1. The number of rotatable bonds is 7. The van der Waals surface area contributed by atoms with Crippen molar-refractivity contribution >= 4 is 55.9 Å². The number of carbonyl (C=O) groups is 1. The monoisotopic (exact) mass is 551 g/mol. The van der Waals surface area contributed by atoms with Crippen molar-refractivity contribution in [3.05, 3.63) is 84.2 Å². The minimum absolute atomic E-state index is 0.0719. The largest absolute Gasteiger partial charge is 0.424 e. The van der Waals surface area contributed by atoms with Crippen molar-refractivity contribution < 1.29 is 22.7 Å². The van der Waals surface area contributed by atoms with Crippen molar-refractivity contribution in [2.75, 3.05) is 16.0 Å². The minimum atomic E-state index is -4.78. The molecule has 13 heteroatoms. The molecule has 0 radical (unpaired) electrons. The smallest absolute Gasteiger partial charge is 0.420 e. The van der Waals surface area contributed by atoms with E-state index in [4.69, 9.17) is 4.74 Å². The number of anilines is 4. The summed E-state index contributed by atoms with van der Waals surface area (Å²) in [6.45, 7) is 5.29. The van der Waals surface area contributed by atoms with Crippen LogP contribution in [-0.4, -0.2) is 26.2 Å². The molecule has 0 aliphatic rings. The maximum Gasteiger partial charge on any atom is 0.420 e. The number of halogens is 3. The molecule has 0 saturated heterocycles. The van der Waals surface area contributed by atoms with Gasteiger partial charge in [-0.15, -0.1) is 11.3 Å². The molecule has 0 saturated carbocycles. The van der Waals surface area contributed by atoms with Crippen LogP contribution in [0.5, 0.6) is 11.8 Å². The van der Waals surface area contributed by atoms with Crippen LogP contribution in [0, 0.1) is 6.92 Å². The van der Waals surface area contributed by atoms with Crippen molar-refractivity contribution in [2.45, 2.75) is 13.1 Å². The van der Waals surface area contributed by atoms with Crippen LogP contribution in [0.25, 0.3) is 16.2 Å². The number of urea groups is 1. The Kier molecular flexibility index (Phi) is 6.90. The SMILES string of the molecule is C=Cc1cc(Nc2cc(C)nc(Oc3ccc(NC(=O)Nc4cc5ccccc5s4)cc3C(F)(F)F)n2)n[nH]1. The number of H-pyrrole nitrogens is 1. The number of hydrogen-bond donors (Lipinski definition) is 4. The maximum absolute atomic E-state index is 13.9. The summed E-state index contributed by atoms with van der Waals surface area (Å²) >= 11 is 1.35. The van der Waals surface area contributed by atoms with E-state index < -0.39 is 23.5 Å². The molecular formula is C26H20F3N7O2S. The lowest BCUT2D eigenvalue weighted by molar-refractivity contribution is -0.138. The highest BCUT2D eigenvalue weighted by molar-refractivity contribution is 7.22. The minimum Gasteiger partial charge on any atom is -0.424 e. The Morgan fingerprint density at radius 2 is 1.87 bits per heavy atom. The molecule has 0 unspecified atom stereocenters. The summed E-state index contributed by atoms with van der Waals surface area (Å²) in [6.07, 6.45) is -3.21. The molecule has 0 bridgehead atoms. The van der Waals surface area contributed by atoms with Crippen LogP contribution in [0.2, 0.25) is 0 Å². The predicted octanol–water partition coefficient (Wildman–Crippen LogP) is 7.56. The lowest BCUT2D eigenvalue weighted by atomic mass is 10.1. The molecule has 3 aromatic heterocycles. The van der Waals surface area contributed by atoms with Crippen LogP contribution >= 0.6 is 11.3 Å². The number of carbonyl (C=O) groups excluding carboxylic acids is 1. The lowest BCUT2D eigenvalue weighted by Gasteiger charge is -2.15. The van der Waals surface area contributed by atoms with Gasteiger partial charge in [-0.25, -0.2) is 9.78 Å².